The summed E-state index contributed by atoms with van der Waals surface area (Å²) in [7, 11) is 0. The Labute approximate surface area is 161 Å². The minimum atomic E-state index is -1.08. The van der Waals surface area contributed by atoms with Crippen molar-refractivity contribution >= 4 is 28.5 Å². The van der Waals surface area contributed by atoms with Gasteiger partial charge in [0.25, 0.3) is 0 Å². The standard InChI is InChI=1S/C21H21NO2S2/c23-20(18-8-4-12-25-18)17-15-22(14-16-6-2-1-3-7-16)11-10-21(17,24)19-9-5-13-26-19/h1-9,12-13,17,24H,10-11,14-15H2. The van der Waals surface area contributed by atoms with Crippen LogP contribution in [0.1, 0.15) is 26.5 Å². The number of likely N-dealkylation sites (tertiary alicyclic amines) is 1. The number of ketones is 1. The van der Waals surface area contributed by atoms with Gasteiger partial charge in [-0.05, 0) is 34.9 Å². The van der Waals surface area contributed by atoms with Crippen LogP contribution in [0.15, 0.2) is 65.4 Å². The fourth-order valence-electron chi connectivity index (χ4n) is 3.70. The molecule has 4 rings (SSSR count). The van der Waals surface area contributed by atoms with Gasteiger partial charge in [-0.25, -0.2) is 0 Å². The molecule has 3 nitrogen and oxygen atoms in total. The second-order valence-corrected chi connectivity index (χ2v) is 8.66. The van der Waals surface area contributed by atoms with Gasteiger partial charge in [-0.1, -0.05) is 42.5 Å². The van der Waals surface area contributed by atoms with Crippen molar-refractivity contribution in [3.05, 3.63) is 80.7 Å². The maximum absolute atomic E-state index is 13.2. The van der Waals surface area contributed by atoms with Crippen LogP contribution in [0, 0.1) is 5.92 Å². The van der Waals surface area contributed by atoms with Gasteiger partial charge in [-0.15, -0.1) is 22.7 Å². The van der Waals surface area contributed by atoms with Gasteiger partial charge in [-0.2, -0.15) is 0 Å². The fourth-order valence-corrected chi connectivity index (χ4v) is 5.33. The molecule has 0 saturated carbocycles. The number of carbonyl (C=O) groups excluding carboxylic acids is 1. The van der Waals surface area contributed by atoms with Crippen molar-refractivity contribution in [2.75, 3.05) is 13.1 Å². The molecule has 1 aliphatic rings. The molecule has 26 heavy (non-hydrogen) atoms. The van der Waals surface area contributed by atoms with Crippen LogP contribution in [0.3, 0.4) is 0 Å². The average Bonchev–Trinajstić information content (AvgIpc) is 3.38. The summed E-state index contributed by atoms with van der Waals surface area (Å²) >= 11 is 2.99. The summed E-state index contributed by atoms with van der Waals surface area (Å²) in [5.41, 5.74) is 0.152. The van der Waals surface area contributed by atoms with Crippen LogP contribution in [0.2, 0.25) is 0 Å². The van der Waals surface area contributed by atoms with Gasteiger partial charge < -0.3 is 5.11 Å². The number of benzene rings is 1. The molecule has 0 aliphatic carbocycles. The molecule has 3 heterocycles. The van der Waals surface area contributed by atoms with Crippen LogP contribution >= 0.6 is 22.7 Å². The summed E-state index contributed by atoms with van der Waals surface area (Å²) in [6.45, 7) is 2.15. The average molecular weight is 384 g/mol. The van der Waals surface area contributed by atoms with E-state index in [-0.39, 0.29) is 5.78 Å². The molecule has 1 saturated heterocycles. The van der Waals surface area contributed by atoms with E-state index in [9.17, 15) is 9.90 Å². The van der Waals surface area contributed by atoms with E-state index in [0.717, 1.165) is 22.8 Å². The zero-order chi connectivity index (χ0) is 18.0. The van der Waals surface area contributed by atoms with Gasteiger partial charge in [0.2, 0.25) is 0 Å². The summed E-state index contributed by atoms with van der Waals surface area (Å²) in [6, 6.07) is 18.0. The smallest absolute Gasteiger partial charge is 0.180 e. The Bertz CT molecular complexity index is 846. The second-order valence-electron chi connectivity index (χ2n) is 6.77. The van der Waals surface area contributed by atoms with E-state index in [4.69, 9.17) is 0 Å². The zero-order valence-corrected chi connectivity index (χ0v) is 16.0. The maximum Gasteiger partial charge on any atom is 0.180 e. The molecule has 2 aromatic heterocycles. The van der Waals surface area contributed by atoms with Crippen LogP contribution in [-0.4, -0.2) is 28.9 Å². The van der Waals surface area contributed by atoms with Crippen LogP contribution in [-0.2, 0) is 12.1 Å². The maximum atomic E-state index is 13.2. The first-order valence-corrected chi connectivity index (χ1v) is 10.5. The highest BCUT2D eigenvalue weighted by Gasteiger charge is 2.47. The van der Waals surface area contributed by atoms with Gasteiger partial charge in [0.15, 0.2) is 5.78 Å². The molecule has 1 aliphatic heterocycles. The molecule has 3 aromatic rings. The molecule has 2 atom stereocenters. The van der Waals surface area contributed by atoms with E-state index in [1.807, 2.05) is 53.2 Å². The summed E-state index contributed by atoms with van der Waals surface area (Å²) in [6.07, 6.45) is 0.572. The number of thiophene rings is 2. The van der Waals surface area contributed by atoms with Crippen molar-refractivity contribution in [1.82, 2.24) is 4.90 Å². The van der Waals surface area contributed by atoms with Crippen LogP contribution < -0.4 is 0 Å². The highest BCUT2D eigenvalue weighted by molar-refractivity contribution is 7.12. The van der Waals surface area contributed by atoms with Gasteiger partial charge in [0, 0.05) is 24.5 Å². The first-order valence-electron chi connectivity index (χ1n) is 8.77. The van der Waals surface area contributed by atoms with Crippen molar-refractivity contribution in [3.8, 4) is 0 Å². The molecule has 134 valence electrons. The Morgan fingerprint density at radius 1 is 1.08 bits per heavy atom. The molecular formula is C21H21NO2S2. The summed E-state index contributed by atoms with van der Waals surface area (Å²) in [5.74, 6) is -0.397. The summed E-state index contributed by atoms with van der Waals surface area (Å²) in [4.78, 5) is 17.1. The molecule has 2 unspecified atom stereocenters. The van der Waals surface area contributed by atoms with Crippen molar-refractivity contribution in [2.45, 2.75) is 18.6 Å². The lowest BCUT2D eigenvalue weighted by Crippen LogP contribution is -2.52. The number of Topliss-reactive ketones (excluding diaryl/α,β-unsaturated/α-hetero) is 1. The predicted molar refractivity (Wildman–Crippen MR) is 107 cm³/mol. The molecule has 0 radical (unpaired) electrons. The molecular weight excluding hydrogens is 362 g/mol. The van der Waals surface area contributed by atoms with Crippen molar-refractivity contribution in [1.29, 1.82) is 0 Å². The van der Waals surface area contributed by atoms with Gasteiger partial charge in [0.05, 0.1) is 10.8 Å². The second kappa shape index (κ2) is 7.45. The molecule has 0 spiro atoms. The summed E-state index contributed by atoms with van der Waals surface area (Å²) in [5, 5.41) is 15.4. The first-order chi connectivity index (χ1) is 12.7. The lowest BCUT2D eigenvalue weighted by Gasteiger charge is -2.43. The van der Waals surface area contributed by atoms with Crippen molar-refractivity contribution in [3.63, 3.8) is 0 Å². The first kappa shape index (κ1) is 17.6. The Morgan fingerprint density at radius 3 is 2.54 bits per heavy atom. The molecule has 1 aromatic carbocycles. The Hall–Kier alpha value is -1.79. The molecule has 1 fully saturated rings. The van der Waals surface area contributed by atoms with Crippen LogP contribution in [0.25, 0.3) is 0 Å². The van der Waals surface area contributed by atoms with Gasteiger partial charge in [-0.3, -0.25) is 9.69 Å². The van der Waals surface area contributed by atoms with E-state index in [0.29, 0.717) is 13.0 Å². The van der Waals surface area contributed by atoms with Gasteiger partial charge in [0.1, 0.15) is 5.60 Å². The lowest BCUT2D eigenvalue weighted by molar-refractivity contribution is -0.0631. The number of nitrogens with zero attached hydrogens (tertiary/aromatic N) is 1. The van der Waals surface area contributed by atoms with Gasteiger partial charge >= 0.3 is 0 Å². The Kier molecular flexibility index (Phi) is 5.05. The summed E-state index contributed by atoms with van der Waals surface area (Å²) < 4.78 is 0. The topological polar surface area (TPSA) is 40.5 Å². The number of rotatable bonds is 5. The third-order valence-electron chi connectivity index (χ3n) is 5.10. The number of hydrogen-bond donors (Lipinski definition) is 1. The minimum Gasteiger partial charge on any atom is -0.383 e. The third kappa shape index (κ3) is 3.40. The van der Waals surface area contributed by atoms with Crippen molar-refractivity contribution in [2.24, 2.45) is 5.92 Å². The van der Waals surface area contributed by atoms with E-state index < -0.39 is 11.5 Å². The number of hydrogen-bond acceptors (Lipinski definition) is 5. The van der Waals surface area contributed by atoms with E-state index >= 15 is 0 Å². The van der Waals surface area contributed by atoms with Crippen LogP contribution in [0.4, 0.5) is 0 Å². The minimum absolute atomic E-state index is 0.0497. The lowest BCUT2D eigenvalue weighted by atomic mass is 9.76. The SMILES string of the molecule is O=C(c1cccs1)C1CN(Cc2ccccc2)CCC1(O)c1cccs1. The number of piperidine rings is 1. The largest absolute Gasteiger partial charge is 0.383 e. The number of carbonyl (C=O) groups is 1. The van der Waals surface area contributed by atoms with E-state index in [1.54, 1.807) is 0 Å². The Balaban J connectivity index is 1.62. The Morgan fingerprint density at radius 2 is 1.85 bits per heavy atom. The molecule has 5 heteroatoms. The molecule has 0 amide bonds. The van der Waals surface area contributed by atoms with Crippen molar-refractivity contribution < 1.29 is 9.90 Å². The third-order valence-corrected chi connectivity index (χ3v) is 7.02. The van der Waals surface area contributed by atoms with E-state index in [1.165, 1.54) is 28.2 Å². The number of aliphatic hydroxyl groups is 1. The van der Waals surface area contributed by atoms with E-state index in [2.05, 4.69) is 17.0 Å². The highest BCUT2D eigenvalue weighted by Crippen LogP contribution is 2.42. The predicted octanol–water partition coefficient (Wildman–Crippen LogP) is 4.40. The zero-order valence-electron chi connectivity index (χ0n) is 14.4. The highest BCUT2D eigenvalue weighted by atomic mass is 32.1. The normalized spacial score (nSPS) is 23.8. The fraction of sp³-hybridized carbons (Fsp3) is 0.286. The molecule has 1 N–H and O–H groups in total. The quantitative estimate of drug-likeness (QED) is 0.664. The molecule has 0 bridgehead atoms. The van der Waals surface area contributed by atoms with Crippen LogP contribution in [0.5, 0.6) is 0 Å². The monoisotopic (exact) mass is 383 g/mol.